The van der Waals surface area contributed by atoms with E-state index in [0.717, 1.165) is 13.2 Å². The summed E-state index contributed by atoms with van der Waals surface area (Å²) in [6.45, 7) is 0. The highest BCUT2D eigenvalue weighted by Gasteiger charge is 2.20. The van der Waals surface area contributed by atoms with Gasteiger partial charge in [-0.25, -0.2) is 13.6 Å². The Hall–Kier alpha value is -2.21. The van der Waals surface area contributed by atoms with Crippen molar-refractivity contribution in [1.29, 1.82) is 5.26 Å². The minimum atomic E-state index is -0.941. The van der Waals surface area contributed by atoms with E-state index < -0.39 is 17.6 Å². The highest BCUT2D eigenvalue weighted by Crippen LogP contribution is 2.29. The van der Waals surface area contributed by atoms with Gasteiger partial charge in [-0.1, -0.05) is 0 Å². The van der Waals surface area contributed by atoms with E-state index in [1.807, 2.05) is 22.6 Å². The number of carbonyl (C=O) groups excluding carboxylic acids is 1. The summed E-state index contributed by atoms with van der Waals surface area (Å²) in [6, 6.07) is 8.37. The van der Waals surface area contributed by atoms with Crippen LogP contribution in [0.25, 0.3) is 0 Å². The van der Waals surface area contributed by atoms with Gasteiger partial charge in [0.15, 0.2) is 5.82 Å². The molecule has 0 saturated carbocycles. The monoisotopic (exact) mass is 414 g/mol. The van der Waals surface area contributed by atoms with Gasteiger partial charge >= 0.3 is 5.97 Å². The summed E-state index contributed by atoms with van der Waals surface area (Å²) in [4.78, 5) is 11.7. The van der Waals surface area contributed by atoms with Gasteiger partial charge in [0.25, 0.3) is 0 Å². The Bertz CT molecular complexity index is 788. The number of methoxy groups -OCH3 is 1. The number of rotatable bonds is 3. The zero-order chi connectivity index (χ0) is 16.3. The van der Waals surface area contributed by atoms with E-state index in [2.05, 4.69) is 10.1 Å². The molecule has 0 unspecified atom stereocenters. The van der Waals surface area contributed by atoms with Gasteiger partial charge in [0.2, 0.25) is 0 Å². The van der Waals surface area contributed by atoms with E-state index in [1.54, 1.807) is 12.1 Å². The minimum Gasteiger partial charge on any atom is -0.465 e. The summed E-state index contributed by atoms with van der Waals surface area (Å²) in [7, 11) is 1.15. The zero-order valence-corrected chi connectivity index (χ0v) is 13.4. The van der Waals surface area contributed by atoms with Crippen molar-refractivity contribution in [1.82, 2.24) is 0 Å². The van der Waals surface area contributed by atoms with E-state index >= 15 is 0 Å². The first-order valence-electron chi connectivity index (χ1n) is 6.01. The minimum absolute atomic E-state index is 0.0143. The third kappa shape index (κ3) is 3.17. The van der Waals surface area contributed by atoms with Crippen LogP contribution in [0.3, 0.4) is 0 Å². The Labute approximate surface area is 138 Å². The normalized spacial score (nSPS) is 9.95. The van der Waals surface area contributed by atoms with E-state index in [0.29, 0.717) is 3.57 Å². The number of hydrogen-bond donors (Lipinski definition) is 1. The van der Waals surface area contributed by atoms with Crippen LogP contribution in [0.15, 0.2) is 30.3 Å². The maximum Gasteiger partial charge on any atom is 0.340 e. The molecule has 2 aromatic rings. The Morgan fingerprint density at radius 3 is 2.64 bits per heavy atom. The molecule has 0 aliphatic heterocycles. The molecular weight excluding hydrogens is 405 g/mol. The lowest BCUT2D eigenvalue weighted by atomic mass is 10.1. The van der Waals surface area contributed by atoms with Gasteiger partial charge < -0.3 is 10.1 Å². The van der Waals surface area contributed by atoms with Crippen molar-refractivity contribution < 1.29 is 18.3 Å². The van der Waals surface area contributed by atoms with Crippen molar-refractivity contribution >= 4 is 39.9 Å². The second-order valence-corrected chi connectivity index (χ2v) is 5.45. The van der Waals surface area contributed by atoms with Crippen LogP contribution < -0.4 is 5.32 Å². The molecule has 0 bridgehead atoms. The first-order chi connectivity index (χ1) is 10.5. The molecule has 112 valence electrons. The van der Waals surface area contributed by atoms with Crippen molar-refractivity contribution in [2.24, 2.45) is 0 Å². The van der Waals surface area contributed by atoms with E-state index in [1.165, 1.54) is 18.2 Å². The first-order valence-corrected chi connectivity index (χ1v) is 7.08. The number of nitrogens with one attached hydrogen (secondary N) is 1. The van der Waals surface area contributed by atoms with Crippen LogP contribution in [0.1, 0.15) is 15.9 Å². The summed E-state index contributed by atoms with van der Waals surface area (Å²) in [6.07, 6.45) is 0. The topological polar surface area (TPSA) is 62.1 Å². The van der Waals surface area contributed by atoms with Gasteiger partial charge in [-0.3, -0.25) is 0 Å². The molecule has 2 aromatic carbocycles. The molecule has 0 saturated heterocycles. The predicted octanol–water partition coefficient (Wildman–Crippen LogP) is 3.97. The number of ether oxygens (including phenoxy) is 1. The lowest BCUT2D eigenvalue weighted by molar-refractivity contribution is 0.0601. The molecule has 22 heavy (non-hydrogen) atoms. The summed E-state index contributed by atoms with van der Waals surface area (Å²) in [5.74, 6) is -2.34. The van der Waals surface area contributed by atoms with Crippen LogP contribution in [0.5, 0.6) is 0 Å². The number of esters is 1. The maximum atomic E-state index is 14.3. The molecule has 2 rings (SSSR count). The number of carbonyl (C=O) groups is 1. The van der Waals surface area contributed by atoms with E-state index in [-0.39, 0.29) is 22.5 Å². The Kier molecular flexibility index (Phi) is 4.92. The van der Waals surface area contributed by atoms with Crippen molar-refractivity contribution in [3.63, 3.8) is 0 Å². The van der Waals surface area contributed by atoms with E-state index in [9.17, 15) is 13.6 Å². The Balaban J connectivity index is 2.57. The molecule has 0 aliphatic carbocycles. The van der Waals surface area contributed by atoms with Gasteiger partial charge in [-0.15, -0.1) is 0 Å². The van der Waals surface area contributed by atoms with Crippen LogP contribution in [0.2, 0.25) is 0 Å². The van der Waals surface area contributed by atoms with Gasteiger partial charge in [0.05, 0.1) is 29.6 Å². The van der Waals surface area contributed by atoms with Crippen molar-refractivity contribution in [3.8, 4) is 6.07 Å². The second kappa shape index (κ2) is 6.70. The summed E-state index contributed by atoms with van der Waals surface area (Å²) in [5, 5.41) is 11.4. The van der Waals surface area contributed by atoms with Gasteiger partial charge in [0, 0.05) is 3.57 Å². The van der Waals surface area contributed by atoms with Crippen molar-refractivity contribution in [2.75, 3.05) is 12.4 Å². The van der Waals surface area contributed by atoms with Crippen LogP contribution in [0, 0.1) is 26.5 Å². The number of halogens is 3. The number of benzene rings is 2. The molecule has 7 heteroatoms. The number of nitrogens with zero attached hydrogens (tertiary/aromatic N) is 1. The van der Waals surface area contributed by atoms with Gasteiger partial charge in [0.1, 0.15) is 11.9 Å². The predicted molar refractivity (Wildman–Crippen MR) is 84.9 cm³/mol. The molecule has 1 N–H and O–H groups in total. The highest BCUT2D eigenvalue weighted by molar-refractivity contribution is 14.1. The quantitative estimate of drug-likeness (QED) is 0.610. The average molecular weight is 414 g/mol. The lowest BCUT2D eigenvalue weighted by Crippen LogP contribution is -2.09. The van der Waals surface area contributed by atoms with E-state index in [4.69, 9.17) is 5.26 Å². The summed E-state index contributed by atoms with van der Waals surface area (Å²) < 4.78 is 33.4. The van der Waals surface area contributed by atoms with Crippen LogP contribution in [-0.4, -0.2) is 13.1 Å². The highest BCUT2D eigenvalue weighted by atomic mass is 127. The fourth-order valence-corrected chi connectivity index (χ4v) is 2.24. The molecule has 0 aliphatic rings. The smallest absolute Gasteiger partial charge is 0.340 e. The number of nitriles is 1. The first kappa shape index (κ1) is 16.2. The summed E-state index contributed by atoms with van der Waals surface area (Å²) >= 11 is 1.94. The molecule has 0 amide bonds. The maximum absolute atomic E-state index is 14.3. The van der Waals surface area contributed by atoms with Crippen LogP contribution in [0.4, 0.5) is 20.2 Å². The molecule has 0 radical (unpaired) electrons. The SMILES string of the molecule is COC(=O)c1ccc(C#N)c(F)c1Nc1ccc(I)cc1F. The number of hydrogen-bond acceptors (Lipinski definition) is 4. The summed E-state index contributed by atoms with van der Waals surface area (Å²) in [5.41, 5.74) is -0.705. The van der Waals surface area contributed by atoms with Crippen molar-refractivity contribution in [3.05, 3.63) is 56.7 Å². The van der Waals surface area contributed by atoms with Crippen LogP contribution in [-0.2, 0) is 4.74 Å². The molecule has 0 fully saturated rings. The van der Waals surface area contributed by atoms with Crippen molar-refractivity contribution in [2.45, 2.75) is 0 Å². The second-order valence-electron chi connectivity index (χ2n) is 4.20. The van der Waals surface area contributed by atoms with Crippen LogP contribution >= 0.6 is 22.6 Å². The van der Waals surface area contributed by atoms with Gasteiger partial charge in [-0.2, -0.15) is 5.26 Å². The largest absolute Gasteiger partial charge is 0.465 e. The van der Waals surface area contributed by atoms with Gasteiger partial charge in [-0.05, 0) is 52.9 Å². The third-order valence-electron chi connectivity index (χ3n) is 2.86. The molecule has 0 atom stereocenters. The molecule has 4 nitrogen and oxygen atoms in total. The number of anilines is 2. The average Bonchev–Trinajstić information content (AvgIpc) is 2.50. The third-order valence-corrected chi connectivity index (χ3v) is 3.53. The fraction of sp³-hybridized carbons (Fsp3) is 0.0667. The molecule has 0 aromatic heterocycles. The fourth-order valence-electron chi connectivity index (χ4n) is 1.79. The standard InChI is InChI=1S/C15H9F2IN2O2/c1-22-15(21)10-4-2-8(7-19)13(17)14(10)20-12-5-3-9(18)6-11(12)16/h2-6,20H,1H3. The zero-order valence-electron chi connectivity index (χ0n) is 11.3. The molecule has 0 heterocycles. The Morgan fingerprint density at radius 2 is 2.05 bits per heavy atom. The molecular formula is C15H9F2IN2O2. The lowest BCUT2D eigenvalue weighted by Gasteiger charge is -2.13. The Morgan fingerprint density at radius 1 is 1.32 bits per heavy atom. The molecule has 0 spiro atoms.